The highest BCUT2D eigenvalue weighted by Gasteiger charge is 2.12. The van der Waals surface area contributed by atoms with E-state index in [1.165, 1.54) is 0 Å². The van der Waals surface area contributed by atoms with E-state index in [-0.39, 0.29) is 18.2 Å². The summed E-state index contributed by atoms with van der Waals surface area (Å²) >= 11 is 0. The van der Waals surface area contributed by atoms with Gasteiger partial charge in [-0.05, 0) is 42.0 Å². The quantitative estimate of drug-likeness (QED) is 0.670. The molecule has 0 unspecified atom stereocenters. The molecule has 0 heterocycles. The van der Waals surface area contributed by atoms with Gasteiger partial charge in [-0.3, -0.25) is 4.79 Å². The average molecular weight is 332 g/mol. The molecule has 0 saturated carbocycles. The van der Waals surface area contributed by atoms with Crippen molar-refractivity contribution in [3.8, 4) is 5.75 Å². The van der Waals surface area contributed by atoms with Crippen LogP contribution >= 0.6 is 0 Å². The van der Waals surface area contributed by atoms with Crippen molar-refractivity contribution in [1.29, 1.82) is 0 Å². The fourth-order valence-electron chi connectivity index (χ4n) is 2.60. The number of rotatable bonds is 6. The molecule has 0 aromatic heterocycles. The SMILES string of the molecule is O=C(CN(Cc1ccccc1)c1ccccc1)Nc1ccc(O)cc1. The molecule has 3 aromatic carbocycles. The smallest absolute Gasteiger partial charge is 0.243 e. The van der Waals surface area contributed by atoms with Crippen molar-refractivity contribution in [2.24, 2.45) is 0 Å². The van der Waals surface area contributed by atoms with Gasteiger partial charge < -0.3 is 15.3 Å². The van der Waals surface area contributed by atoms with Gasteiger partial charge in [0.05, 0.1) is 6.54 Å². The lowest BCUT2D eigenvalue weighted by Gasteiger charge is -2.24. The average Bonchev–Trinajstić information content (AvgIpc) is 2.65. The molecular weight excluding hydrogens is 312 g/mol. The maximum absolute atomic E-state index is 12.5. The molecule has 4 heteroatoms. The van der Waals surface area contributed by atoms with Gasteiger partial charge in [0, 0.05) is 17.9 Å². The zero-order chi connectivity index (χ0) is 17.5. The van der Waals surface area contributed by atoms with Gasteiger partial charge >= 0.3 is 0 Å². The third kappa shape index (κ3) is 4.85. The second-order valence-corrected chi connectivity index (χ2v) is 5.77. The minimum atomic E-state index is -0.106. The zero-order valence-electron chi connectivity index (χ0n) is 13.8. The van der Waals surface area contributed by atoms with E-state index in [4.69, 9.17) is 0 Å². The summed E-state index contributed by atoms with van der Waals surface area (Å²) in [6.07, 6.45) is 0. The molecule has 3 aromatic rings. The number of carbonyl (C=O) groups excluding carboxylic acids is 1. The fraction of sp³-hybridized carbons (Fsp3) is 0.0952. The summed E-state index contributed by atoms with van der Waals surface area (Å²) in [7, 11) is 0. The maximum atomic E-state index is 12.5. The van der Waals surface area contributed by atoms with Crippen LogP contribution in [0.2, 0.25) is 0 Å². The van der Waals surface area contributed by atoms with Crippen LogP contribution in [0.3, 0.4) is 0 Å². The summed E-state index contributed by atoms with van der Waals surface area (Å²) in [6, 6.07) is 26.4. The summed E-state index contributed by atoms with van der Waals surface area (Å²) < 4.78 is 0. The second kappa shape index (κ2) is 8.02. The molecule has 25 heavy (non-hydrogen) atoms. The fourth-order valence-corrected chi connectivity index (χ4v) is 2.60. The van der Waals surface area contributed by atoms with E-state index in [1.807, 2.05) is 65.6 Å². The molecule has 4 nitrogen and oxygen atoms in total. The number of nitrogens with one attached hydrogen (secondary N) is 1. The molecule has 0 bridgehead atoms. The minimum Gasteiger partial charge on any atom is -0.508 e. The number of hydrogen-bond acceptors (Lipinski definition) is 3. The van der Waals surface area contributed by atoms with E-state index in [9.17, 15) is 9.90 Å². The van der Waals surface area contributed by atoms with Gasteiger partial charge in [0.2, 0.25) is 5.91 Å². The van der Waals surface area contributed by atoms with Gasteiger partial charge in [-0.15, -0.1) is 0 Å². The number of phenolic OH excluding ortho intramolecular Hbond substituents is 1. The highest BCUT2D eigenvalue weighted by atomic mass is 16.3. The van der Waals surface area contributed by atoms with Crippen LogP contribution in [0.15, 0.2) is 84.9 Å². The van der Waals surface area contributed by atoms with Gasteiger partial charge in [0.15, 0.2) is 0 Å². The predicted molar refractivity (Wildman–Crippen MR) is 101 cm³/mol. The Labute approximate surface area is 147 Å². The molecule has 126 valence electrons. The van der Waals surface area contributed by atoms with Crippen LogP contribution in [0.4, 0.5) is 11.4 Å². The van der Waals surface area contributed by atoms with Gasteiger partial charge in [-0.25, -0.2) is 0 Å². The van der Waals surface area contributed by atoms with E-state index >= 15 is 0 Å². The van der Waals surface area contributed by atoms with Gasteiger partial charge in [-0.1, -0.05) is 48.5 Å². The Kier molecular flexibility index (Phi) is 5.32. The molecule has 2 N–H and O–H groups in total. The maximum Gasteiger partial charge on any atom is 0.243 e. The summed E-state index contributed by atoms with van der Waals surface area (Å²) in [5.74, 6) is 0.0680. The van der Waals surface area contributed by atoms with Crippen LogP contribution in [0.1, 0.15) is 5.56 Å². The van der Waals surface area contributed by atoms with Crippen molar-refractivity contribution in [3.05, 3.63) is 90.5 Å². The number of phenols is 1. The normalized spacial score (nSPS) is 10.2. The standard InChI is InChI=1S/C21H20N2O2/c24-20-13-11-18(12-14-20)22-21(25)16-23(19-9-5-2-6-10-19)15-17-7-3-1-4-8-17/h1-14,24H,15-16H2,(H,22,25). The van der Waals surface area contributed by atoms with E-state index < -0.39 is 0 Å². The lowest BCUT2D eigenvalue weighted by atomic mass is 10.2. The number of para-hydroxylation sites is 1. The first-order valence-electron chi connectivity index (χ1n) is 8.13. The number of carbonyl (C=O) groups is 1. The Hall–Kier alpha value is -3.27. The van der Waals surface area contributed by atoms with E-state index in [2.05, 4.69) is 5.32 Å². The molecule has 0 atom stereocenters. The van der Waals surface area contributed by atoms with Crippen molar-refractivity contribution in [1.82, 2.24) is 0 Å². The summed E-state index contributed by atoms with van der Waals surface area (Å²) in [5.41, 5.74) is 2.80. The minimum absolute atomic E-state index is 0.106. The number of aromatic hydroxyl groups is 1. The van der Waals surface area contributed by atoms with E-state index in [0.717, 1.165) is 11.3 Å². The first-order chi connectivity index (χ1) is 12.2. The number of anilines is 2. The Morgan fingerprint density at radius 3 is 2.08 bits per heavy atom. The zero-order valence-corrected chi connectivity index (χ0v) is 13.8. The van der Waals surface area contributed by atoms with Crippen LogP contribution in [-0.4, -0.2) is 17.6 Å². The van der Waals surface area contributed by atoms with Crippen LogP contribution in [-0.2, 0) is 11.3 Å². The summed E-state index contributed by atoms with van der Waals surface area (Å²) in [6.45, 7) is 0.883. The van der Waals surface area contributed by atoms with Crippen molar-refractivity contribution >= 4 is 17.3 Å². The predicted octanol–water partition coefficient (Wildman–Crippen LogP) is 4.04. The number of hydrogen-bond donors (Lipinski definition) is 2. The Morgan fingerprint density at radius 2 is 1.44 bits per heavy atom. The highest BCUT2D eigenvalue weighted by molar-refractivity contribution is 5.94. The van der Waals surface area contributed by atoms with Gasteiger partial charge in [0.25, 0.3) is 0 Å². The van der Waals surface area contributed by atoms with Gasteiger partial charge in [0.1, 0.15) is 5.75 Å². The van der Waals surface area contributed by atoms with Crippen molar-refractivity contribution in [2.45, 2.75) is 6.54 Å². The largest absolute Gasteiger partial charge is 0.508 e. The Morgan fingerprint density at radius 1 is 0.840 bits per heavy atom. The second-order valence-electron chi connectivity index (χ2n) is 5.77. The summed E-state index contributed by atoms with van der Waals surface area (Å²) in [4.78, 5) is 14.5. The van der Waals surface area contributed by atoms with E-state index in [1.54, 1.807) is 24.3 Å². The first kappa shape index (κ1) is 16.6. The molecule has 1 amide bonds. The highest BCUT2D eigenvalue weighted by Crippen LogP contribution is 2.18. The molecule has 0 fully saturated rings. The lowest BCUT2D eigenvalue weighted by molar-refractivity contribution is -0.115. The topological polar surface area (TPSA) is 52.6 Å². The van der Waals surface area contributed by atoms with Crippen molar-refractivity contribution < 1.29 is 9.90 Å². The third-order valence-corrected chi connectivity index (χ3v) is 3.82. The molecule has 0 radical (unpaired) electrons. The summed E-state index contributed by atoms with van der Waals surface area (Å²) in [5, 5.41) is 12.2. The molecule has 0 aliphatic carbocycles. The first-order valence-corrected chi connectivity index (χ1v) is 8.13. The lowest BCUT2D eigenvalue weighted by Crippen LogP contribution is -2.32. The number of benzene rings is 3. The third-order valence-electron chi connectivity index (χ3n) is 3.82. The number of amides is 1. The van der Waals surface area contributed by atoms with Crippen LogP contribution in [0.5, 0.6) is 5.75 Å². The van der Waals surface area contributed by atoms with Crippen LogP contribution in [0, 0.1) is 0 Å². The van der Waals surface area contributed by atoms with Crippen molar-refractivity contribution in [2.75, 3.05) is 16.8 Å². The Bertz CT molecular complexity index is 802. The monoisotopic (exact) mass is 332 g/mol. The molecule has 0 aliphatic rings. The van der Waals surface area contributed by atoms with Crippen LogP contribution < -0.4 is 10.2 Å². The van der Waals surface area contributed by atoms with Crippen molar-refractivity contribution in [3.63, 3.8) is 0 Å². The Balaban J connectivity index is 1.72. The van der Waals surface area contributed by atoms with Crippen LogP contribution in [0.25, 0.3) is 0 Å². The molecule has 3 rings (SSSR count). The molecule has 0 aliphatic heterocycles. The molecular formula is C21H20N2O2. The number of nitrogens with zero attached hydrogens (tertiary/aromatic N) is 1. The van der Waals surface area contributed by atoms with E-state index in [0.29, 0.717) is 12.2 Å². The molecule has 0 saturated heterocycles. The van der Waals surface area contributed by atoms with Gasteiger partial charge in [-0.2, -0.15) is 0 Å². The molecule has 0 spiro atoms.